The summed E-state index contributed by atoms with van der Waals surface area (Å²) in [7, 11) is 0. The predicted molar refractivity (Wildman–Crippen MR) is 71.2 cm³/mol. The van der Waals surface area contributed by atoms with Crippen LogP contribution in [0, 0.1) is 0 Å². The highest BCUT2D eigenvalue weighted by Crippen LogP contribution is 2.39. The molecule has 0 radical (unpaired) electrons. The van der Waals surface area contributed by atoms with Crippen molar-refractivity contribution in [1.82, 2.24) is 19.6 Å². The van der Waals surface area contributed by atoms with Crippen molar-refractivity contribution in [2.45, 2.75) is 0 Å². The zero-order chi connectivity index (χ0) is 12.0. The fourth-order valence-electron chi connectivity index (χ4n) is 1.46. The van der Waals surface area contributed by atoms with Crippen LogP contribution in [-0.2, 0) is 0 Å². The lowest BCUT2D eigenvalue weighted by Gasteiger charge is -1.95. The third-order valence-corrected chi connectivity index (χ3v) is 5.49. The van der Waals surface area contributed by atoms with E-state index in [-0.39, 0.29) is 6.01 Å². The summed E-state index contributed by atoms with van der Waals surface area (Å²) in [6.45, 7) is 0. The number of fused-ring (bicyclic) bond motifs is 1. The molecule has 86 valence electrons. The smallest absolute Gasteiger partial charge is 0.318 e. The monoisotopic (exact) mass is 374 g/mol. The molecule has 0 bridgehead atoms. The molecule has 0 atom stereocenters. The number of nitrogens with zero attached hydrogens (tertiary/aromatic N) is 4. The van der Waals surface area contributed by atoms with Gasteiger partial charge in [-0.05, 0) is 37.9 Å². The Morgan fingerprint density at radius 3 is 2.82 bits per heavy atom. The maximum Gasteiger partial charge on any atom is 0.318 e. The molecule has 0 aliphatic carbocycles. The maximum atomic E-state index is 9.53. The molecule has 1 N–H and O–H groups in total. The van der Waals surface area contributed by atoms with E-state index >= 15 is 0 Å². The molecule has 0 aromatic carbocycles. The summed E-state index contributed by atoms with van der Waals surface area (Å²) in [5.41, 5.74) is 1.44. The summed E-state index contributed by atoms with van der Waals surface area (Å²) in [4.78, 5) is 8.80. The van der Waals surface area contributed by atoms with Gasteiger partial charge in [-0.2, -0.15) is 14.6 Å². The molecule has 0 aliphatic rings. The molecular weight excluding hydrogens is 372 g/mol. The van der Waals surface area contributed by atoms with Gasteiger partial charge in [-0.1, -0.05) is 0 Å². The zero-order valence-corrected chi connectivity index (χ0v) is 12.1. The molecule has 8 heteroatoms. The molecule has 3 rings (SSSR count). The van der Waals surface area contributed by atoms with Crippen LogP contribution in [0.1, 0.15) is 0 Å². The summed E-state index contributed by atoms with van der Waals surface area (Å²) in [6, 6.07) is 1.81. The molecule has 3 aromatic heterocycles. The molecule has 0 fully saturated rings. The Labute approximate surface area is 116 Å². The van der Waals surface area contributed by atoms with Gasteiger partial charge in [0.15, 0.2) is 5.65 Å². The van der Waals surface area contributed by atoms with Crippen molar-refractivity contribution >= 4 is 48.8 Å². The summed E-state index contributed by atoms with van der Waals surface area (Å²) in [5, 5.41) is 13.6. The van der Waals surface area contributed by atoms with E-state index in [1.165, 1.54) is 10.8 Å². The molecule has 17 heavy (non-hydrogen) atoms. The minimum atomic E-state index is -0.170. The quantitative estimate of drug-likeness (QED) is 0.709. The van der Waals surface area contributed by atoms with E-state index in [1.54, 1.807) is 17.5 Å². The summed E-state index contributed by atoms with van der Waals surface area (Å²) < 4.78 is 3.29. The highest BCUT2D eigenvalue weighted by molar-refractivity contribution is 9.13. The normalized spacial score (nSPS) is 11.2. The van der Waals surface area contributed by atoms with Crippen molar-refractivity contribution in [3.8, 4) is 16.5 Å². The lowest BCUT2D eigenvalue weighted by atomic mass is 10.3. The Morgan fingerprint density at radius 2 is 2.12 bits per heavy atom. The SMILES string of the molecule is Oc1ncnc2c(-c3cc(Br)c(Br)s3)cnn12. The van der Waals surface area contributed by atoms with Crippen LogP contribution in [0.5, 0.6) is 6.01 Å². The van der Waals surface area contributed by atoms with Crippen LogP contribution >= 0.6 is 43.2 Å². The van der Waals surface area contributed by atoms with E-state index in [2.05, 4.69) is 46.9 Å². The standard InChI is InChI=1S/C9H4Br2N4OS/c10-5-1-6(17-7(5)11)4-2-14-15-8(4)12-3-13-9(15)16/h1-3H,(H,12,13,16). The molecule has 0 unspecified atom stereocenters. The second kappa shape index (κ2) is 4.04. The number of aromatic hydroxyl groups is 1. The van der Waals surface area contributed by atoms with Crippen molar-refractivity contribution in [2.75, 3.05) is 0 Å². The number of rotatable bonds is 1. The zero-order valence-electron chi connectivity index (χ0n) is 8.13. The van der Waals surface area contributed by atoms with Gasteiger partial charge in [0.1, 0.15) is 6.33 Å². The van der Waals surface area contributed by atoms with Crippen molar-refractivity contribution in [2.24, 2.45) is 0 Å². The van der Waals surface area contributed by atoms with E-state index in [0.717, 1.165) is 18.7 Å². The molecule has 0 saturated carbocycles. The number of hydrogen-bond donors (Lipinski definition) is 1. The van der Waals surface area contributed by atoms with Gasteiger partial charge >= 0.3 is 6.01 Å². The van der Waals surface area contributed by atoms with Crippen molar-refractivity contribution in [3.63, 3.8) is 0 Å². The van der Waals surface area contributed by atoms with Crippen LogP contribution in [-0.4, -0.2) is 24.7 Å². The fraction of sp³-hybridized carbons (Fsp3) is 0. The average Bonchev–Trinajstić information content (AvgIpc) is 2.85. The highest BCUT2D eigenvalue weighted by atomic mass is 79.9. The van der Waals surface area contributed by atoms with Gasteiger partial charge in [0.25, 0.3) is 0 Å². The molecule has 0 amide bonds. The first-order valence-corrected chi connectivity index (χ1v) is 6.90. The van der Waals surface area contributed by atoms with Crippen LogP contribution < -0.4 is 0 Å². The molecule has 0 saturated heterocycles. The first kappa shape index (κ1) is 11.1. The van der Waals surface area contributed by atoms with Crippen LogP contribution in [0.4, 0.5) is 0 Å². The second-order valence-electron chi connectivity index (χ2n) is 3.20. The maximum absolute atomic E-state index is 9.53. The van der Waals surface area contributed by atoms with Crippen LogP contribution in [0.3, 0.4) is 0 Å². The number of thiophene rings is 1. The topological polar surface area (TPSA) is 63.3 Å². The van der Waals surface area contributed by atoms with Crippen molar-refractivity contribution < 1.29 is 5.11 Å². The number of hydrogen-bond acceptors (Lipinski definition) is 5. The largest absolute Gasteiger partial charge is 0.479 e. The molecule has 0 aliphatic heterocycles. The van der Waals surface area contributed by atoms with Gasteiger partial charge in [-0.3, -0.25) is 0 Å². The van der Waals surface area contributed by atoms with Crippen molar-refractivity contribution in [1.29, 1.82) is 0 Å². The molecule has 3 aromatic rings. The lowest BCUT2D eigenvalue weighted by Crippen LogP contribution is -1.93. The second-order valence-corrected chi connectivity index (χ2v) is 6.42. The minimum absolute atomic E-state index is 0.170. The minimum Gasteiger partial charge on any atom is -0.479 e. The van der Waals surface area contributed by atoms with Crippen molar-refractivity contribution in [3.05, 3.63) is 26.8 Å². The van der Waals surface area contributed by atoms with Crippen LogP contribution in [0.25, 0.3) is 16.1 Å². The van der Waals surface area contributed by atoms with Crippen LogP contribution in [0.2, 0.25) is 0 Å². The van der Waals surface area contributed by atoms with E-state index in [1.807, 2.05) is 6.07 Å². The van der Waals surface area contributed by atoms with E-state index in [4.69, 9.17) is 0 Å². The van der Waals surface area contributed by atoms with Gasteiger partial charge in [-0.15, -0.1) is 11.3 Å². The third kappa shape index (κ3) is 1.76. The van der Waals surface area contributed by atoms with E-state index in [0.29, 0.717) is 5.65 Å². The Morgan fingerprint density at radius 1 is 1.29 bits per heavy atom. The Hall–Kier alpha value is -0.990. The van der Waals surface area contributed by atoms with Gasteiger partial charge in [0.2, 0.25) is 0 Å². The third-order valence-electron chi connectivity index (χ3n) is 2.20. The average molecular weight is 376 g/mol. The fourth-order valence-corrected chi connectivity index (χ4v) is 3.50. The molecular formula is C9H4Br2N4OS. The number of aromatic nitrogens is 4. The van der Waals surface area contributed by atoms with Gasteiger partial charge in [-0.25, -0.2) is 4.98 Å². The van der Waals surface area contributed by atoms with Gasteiger partial charge in [0.05, 0.1) is 15.5 Å². The summed E-state index contributed by atoms with van der Waals surface area (Å²) in [6.07, 6.45) is 2.97. The Balaban J connectivity index is 2.28. The summed E-state index contributed by atoms with van der Waals surface area (Å²) >= 11 is 8.44. The van der Waals surface area contributed by atoms with Crippen LogP contribution in [0.15, 0.2) is 26.8 Å². The summed E-state index contributed by atoms with van der Waals surface area (Å²) in [5.74, 6) is 0. The van der Waals surface area contributed by atoms with E-state index < -0.39 is 0 Å². The van der Waals surface area contributed by atoms with Gasteiger partial charge in [0, 0.05) is 9.35 Å². The number of halogens is 2. The Bertz CT molecular complexity index is 689. The first-order valence-electron chi connectivity index (χ1n) is 4.49. The Kier molecular flexibility index (Phi) is 2.64. The molecule has 5 nitrogen and oxygen atoms in total. The molecule has 3 heterocycles. The predicted octanol–water partition coefficient (Wildman–Crippen LogP) is 3.08. The van der Waals surface area contributed by atoms with E-state index in [9.17, 15) is 5.11 Å². The van der Waals surface area contributed by atoms with Gasteiger partial charge < -0.3 is 5.11 Å². The first-order chi connectivity index (χ1) is 8.16. The highest BCUT2D eigenvalue weighted by Gasteiger charge is 2.14. The molecule has 0 spiro atoms. The lowest BCUT2D eigenvalue weighted by molar-refractivity contribution is 0.411.